The molecule has 0 atom stereocenters. The van der Waals surface area contributed by atoms with Crippen molar-refractivity contribution < 1.29 is 4.79 Å². The molecule has 2 rings (SSSR count). The number of nitrogens with zero attached hydrogens (tertiary/aromatic N) is 3. The van der Waals surface area contributed by atoms with Crippen molar-refractivity contribution in [1.82, 2.24) is 15.0 Å². The topological polar surface area (TPSA) is 85.8 Å². The Morgan fingerprint density at radius 1 is 1.45 bits per heavy atom. The predicted octanol–water partition coefficient (Wildman–Crippen LogP) is 3.23. The van der Waals surface area contributed by atoms with E-state index in [2.05, 4.69) is 45.4 Å². The van der Waals surface area contributed by atoms with Gasteiger partial charge in [0, 0.05) is 11.0 Å². The highest BCUT2D eigenvalue weighted by molar-refractivity contribution is 9.10. The van der Waals surface area contributed by atoms with Crippen molar-refractivity contribution in [2.45, 2.75) is 33.7 Å². The van der Waals surface area contributed by atoms with Gasteiger partial charge in [-0.2, -0.15) is 0 Å². The van der Waals surface area contributed by atoms with Crippen LogP contribution in [0.4, 0.5) is 11.4 Å². The van der Waals surface area contributed by atoms with Crippen LogP contribution in [0.5, 0.6) is 0 Å². The molecule has 22 heavy (non-hydrogen) atoms. The molecule has 0 radical (unpaired) electrons. The van der Waals surface area contributed by atoms with Crippen LogP contribution in [0.2, 0.25) is 0 Å². The summed E-state index contributed by atoms with van der Waals surface area (Å²) in [5.74, 6) is 0.255. The minimum atomic E-state index is -0.319. The fraction of sp³-hybridized carbons (Fsp3) is 0.400. The van der Waals surface area contributed by atoms with Gasteiger partial charge in [0.1, 0.15) is 0 Å². The average Bonchev–Trinajstić information content (AvgIpc) is 2.91. The van der Waals surface area contributed by atoms with E-state index in [9.17, 15) is 4.79 Å². The summed E-state index contributed by atoms with van der Waals surface area (Å²) >= 11 is 3.39. The number of aromatic nitrogens is 3. The quantitative estimate of drug-likeness (QED) is 0.796. The second-order valence-electron chi connectivity index (χ2n) is 5.69. The Morgan fingerprint density at radius 2 is 2.18 bits per heavy atom. The van der Waals surface area contributed by atoms with E-state index < -0.39 is 0 Å². The van der Waals surface area contributed by atoms with Crippen LogP contribution in [-0.4, -0.2) is 20.9 Å². The lowest BCUT2D eigenvalue weighted by Crippen LogP contribution is -2.14. The summed E-state index contributed by atoms with van der Waals surface area (Å²) in [5.41, 5.74) is 8.27. The van der Waals surface area contributed by atoms with Crippen LogP contribution in [0.1, 0.15) is 36.3 Å². The Labute approximate surface area is 138 Å². The van der Waals surface area contributed by atoms with Crippen LogP contribution >= 0.6 is 15.9 Å². The molecule has 1 amide bonds. The molecule has 0 bridgehead atoms. The van der Waals surface area contributed by atoms with Crippen molar-refractivity contribution in [2.24, 2.45) is 5.92 Å². The van der Waals surface area contributed by atoms with Crippen molar-refractivity contribution in [3.63, 3.8) is 0 Å². The van der Waals surface area contributed by atoms with Gasteiger partial charge in [-0.25, -0.2) is 0 Å². The van der Waals surface area contributed by atoms with Crippen LogP contribution in [0, 0.1) is 12.8 Å². The van der Waals surface area contributed by atoms with E-state index in [1.54, 1.807) is 16.9 Å². The third kappa shape index (κ3) is 4.07. The lowest BCUT2D eigenvalue weighted by molar-refractivity contribution is 0.102. The third-order valence-electron chi connectivity index (χ3n) is 3.31. The van der Waals surface area contributed by atoms with Crippen molar-refractivity contribution >= 4 is 33.2 Å². The van der Waals surface area contributed by atoms with Gasteiger partial charge in [0.25, 0.3) is 5.91 Å². The minimum absolute atomic E-state index is 0.279. The number of anilines is 2. The molecule has 0 aliphatic rings. The molecule has 0 aliphatic carbocycles. The smallest absolute Gasteiger partial charge is 0.277 e. The zero-order chi connectivity index (χ0) is 16.3. The number of nitrogens with one attached hydrogen (secondary N) is 1. The molecule has 0 unspecified atom stereocenters. The van der Waals surface area contributed by atoms with Crippen LogP contribution in [0.3, 0.4) is 0 Å². The molecule has 1 aromatic heterocycles. The SMILES string of the molecule is Cc1cc(Br)cc(NC(=O)c2cn(CCC(C)C)nn2)c1N. The van der Waals surface area contributed by atoms with Gasteiger partial charge >= 0.3 is 0 Å². The summed E-state index contributed by atoms with van der Waals surface area (Å²) < 4.78 is 2.54. The van der Waals surface area contributed by atoms with E-state index in [0.29, 0.717) is 17.3 Å². The third-order valence-corrected chi connectivity index (χ3v) is 3.76. The number of aryl methyl sites for hydroxylation is 2. The number of nitrogens with two attached hydrogens (primary N) is 1. The first-order valence-electron chi connectivity index (χ1n) is 7.14. The normalized spacial score (nSPS) is 11.0. The second kappa shape index (κ2) is 6.91. The van der Waals surface area contributed by atoms with Gasteiger partial charge < -0.3 is 11.1 Å². The van der Waals surface area contributed by atoms with E-state index in [1.165, 1.54) is 0 Å². The Balaban J connectivity index is 2.10. The van der Waals surface area contributed by atoms with E-state index in [-0.39, 0.29) is 11.6 Å². The van der Waals surface area contributed by atoms with Crippen molar-refractivity contribution in [2.75, 3.05) is 11.1 Å². The molecule has 0 fully saturated rings. The summed E-state index contributed by atoms with van der Waals surface area (Å²) in [6.07, 6.45) is 2.64. The molecule has 0 aliphatic heterocycles. The summed E-state index contributed by atoms with van der Waals surface area (Å²) in [4.78, 5) is 12.2. The summed E-state index contributed by atoms with van der Waals surface area (Å²) in [6.45, 7) is 6.92. The highest BCUT2D eigenvalue weighted by Crippen LogP contribution is 2.27. The number of carbonyl (C=O) groups is 1. The molecule has 7 heteroatoms. The van der Waals surface area contributed by atoms with E-state index in [0.717, 1.165) is 23.0 Å². The predicted molar refractivity (Wildman–Crippen MR) is 90.7 cm³/mol. The Bertz CT molecular complexity index is 681. The Morgan fingerprint density at radius 3 is 2.86 bits per heavy atom. The van der Waals surface area contributed by atoms with Gasteiger partial charge in [0.2, 0.25) is 0 Å². The van der Waals surface area contributed by atoms with Crippen LogP contribution in [0.15, 0.2) is 22.8 Å². The standard InChI is InChI=1S/C15H20BrN5O/c1-9(2)4-5-21-8-13(19-20-21)15(22)18-12-7-11(16)6-10(3)14(12)17/h6-9H,4-5,17H2,1-3H3,(H,18,22). The van der Waals surface area contributed by atoms with Crippen LogP contribution in [0.25, 0.3) is 0 Å². The van der Waals surface area contributed by atoms with E-state index >= 15 is 0 Å². The van der Waals surface area contributed by atoms with Crippen molar-refractivity contribution in [3.05, 3.63) is 34.1 Å². The molecular weight excluding hydrogens is 346 g/mol. The van der Waals surface area contributed by atoms with Crippen LogP contribution in [-0.2, 0) is 6.54 Å². The molecule has 1 aromatic carbocycles. The first-order valence-corrected chi connectivity index (χ1v) is 7.93. The number of rotatable bonds is 5. The first kappa shape index (κ1) is 16.5. The molecule has 0 saturated heterocycles. The number of carbonyl (C=O) groups excluding carboxylic acids is 1. The number of hydrogen-bond donors (Lipinski definition) is 2. The molecule has 0 spiro atoms. The van der Waals surface area contributed by atoms with Gasteiger partial charge in [-0.3, -0.25) is 9.48 Å². The Kier molecular flexibility index (Phi) is 5.18. The van der Waals surface area contributed by atoms with Gasteiger partial charge in [-0.1, -0.05) is 35.0 Å². The van der Waals surface area contributed by atoms with E-state index in [1.807, 2.05) is 13.0 Å². The highest BCUT2D eigenvalue weighted by Gasteiger charge is 2.14. The largest absolute Gasteiger partial charge is 0.397 e. The van der Waals surface area contributed by atoms with Crippen molar-refractivity contribution in [1.29, 1.82) is 0 Å². The zero-order valence-electron chi connectivity index (χ0n) is 12.9. The van der Waals surface area contributed by atoms with E-state index in [4.69, 9.17) is 5.73 Å². The summed E-state index contributed by atoms with van der Waals surface area (Å²) in [6, 6.07) is 3.66. The average molecular weight is 366 g/mol. The summed E-state index contributed by atoms with van der Waals surface area (Å²) in [7, 11) is 0. The lowest BCUT2D eigenvalue weighted by Gasteiger charge is -2.10. The molecule has 1 heterocycles. The van der Waals surface area contributed by atoms with Gasteiger partial charge in [0.05, 0.1) is 17.6 Å². The highest BCUT2D eigenvalue weighted by atomic mass is 79.9. The maximum Gasteiger partial charge on any atom is 0.277 e. The monoisotopic (exact) mass is 365 g/mol. The fourth-order valence-electron chi connectivity index (χ4n) is 1.95. The van der Waals surface area contributed by atoms with Gasteiger partial charge in [-0.15, -0.1) is 5.10 Å². The number of nitrogen functional groups attached to an aromatic ring is 1. The number of amides is 1. The number of hydrogen-bond acceptors (Lipinski definition) is 4. The van der Waals surface area contributed by atoms with Crippen LogP contribution < -0.4 is 11.1 Å². The lowest BCUT2D eigenvalue weighted by atomic mass is 10.1. The maximum absolute atomic E-state index is 12.2. The van der Waals surface area contributed by atoms with Gasteiger partial charge in [0.15, 0.2) is 5.69 Å². The zero-order valence-corrected chi connectivity index (χ0v) is 14.5. The molecule has 3 N–H and O–H groups in total. The molecule has 118 valence electrons. The fourth-order valence-corrected chi connectivity index (χ4v) is 2.52. The second-order valence-corrected chi connectivity index (χ2v) is 6.60. The molecule has 2 aromatic rings. The minimum Gasteiger partial charge on any atom is -0.397 e. The Hall–Kier alpha value is -1.89. The van der Waals surface area contributed by atoms with Crippen molar-refractivity contribution in [3.8, 4) is 0 Å². The molecule has 0 saturated carbocycles. The summed E-state index contributed by atoms with van der Waals surface area (Å²) in [5, 5.41) is 10.7. The maximum atomic E-state index is 12.2. The first-order chi connectivity index (χ1) is 10.4. The molecular formula is C15H20BrN5O. The number of benzene rings is 1. The van der Waals surface area contributed by atoms with Gasteiger partial charge in [-0.05, 0) is 37.0 Å². The number of halogens is 1. The molecule has 6 nitrogen and oxygen atoms in total.